The number of aliphatic hydroxyl groups is 1. The molecule has 0 spiro atoms. The Balaban J connectivity index is 2.15. The highest BCUT2D eigenvalue weighted by atomic mass is 16.5. The average molecular weight is 215 g/mol. The van der Waals surface area contributed by atoms with Crippen LogP contribution in [0.5, 0.6) is 0 Å². The van der Waals surface area contributed by atoms with Crippen molar-refractivity contribution in [3.8, 4) is 0 Å². The molecule has 1 rings (SSSR count). The molecular weight excluding hydrogens is 194 g/mol. The number of ether oxygens (including phenoxy) is 1. The minimum atomic E-state index is 0.0332. The van der Waals surface area contributed by atoms with Gasteiger partial charge in [-0.05, 0) is 19.3 Å². The lowest BCUT2D eigenvalue weighted by atomic mass is 10.00. The van der Waals surface area contributed by atoms with Gasteiger partial charge in [0, 0.05) is 32.1 Å². The lowest BCUT2D eigenvalue weighted by molar-refractivity contribution is -0.121. The molecule has 1 saturated heterocycles. The van der Waals surface area contributed by atoms with Gasteiger partial charge in [0.1, 0.15) is 0 Å². The van der Waals surface area contributed by atoms with Crippen LogP contribution in [0.3, 0.4) is 0 Å². The average Bonchev–Trinajstić information content (AvgIpc) is 2.70. The Morgan fingerprint density at radius 2 is 2.40 bits per heavy atom. The third-order valence-corrected chi connectivity index (χ3v) is 2.87. The second-order valence-electron chi connectivity index (χ2n) is 4.00. The molecule has 4 nitrogen and oxygen atoms in total. The second kappa shape index (κ2) is 6.80. The smallest absolute Gasteiger partial charge is 0.220 e. The van der Waals surface area contributed by atoms with Gasteiger partial charge >= 0.3 is 0 Å². The van der Waals surface area contributed by atoms with Gasteiger partial charge in [-0.3, -0.25) is 4.79 Å². The zero-order valence-electron chi connectivity index (χ0n) is 9.37. The fourth-order valence-electron chi connectivity index (χ4n) is 1.95. The van der Waals surface area contributed by atoms with E-state index >= 15 is 0 Å². The molecule has 15 heavy (non-hydrogen) atoms. The molecule has 2 N–H and O–H groups in total. The lowest BCUT2D eigenvalue weighted by Gasteiger charge is -2.17. The van der Waals surface area contributed by atoms with Crippen molar-refractivity contribution < 1.29 is 14.6 Å². The molecule has 0 aliphatic carbocycles. The summed E-state index contributed by atoms with van der Waals surface area (Å²) in [5, 5.41) is 11.5. The molecular formula is C11H21NO3. The molecule has 88 valence electrons. The topological polar surface area (TPSA) is 58.6 Å². The number of hydrogen-bond acceptors (Lipinski definition) is 3. The minimum absolute atomic E-state index is 0.0332. The number of rotatable bonds is 6. The van der Waals surface area contributed by atoms with Crippen LogP contribution in [0.4, 0.5) is 0 Å². The summed E-state index contributed by atoms with van der Waals surface area (Å²) in [6.07, 6.45) is 3.32. The van der Waals surface area contributed by atoms with Gasteiger partial charge in [0.25, 0.3) is 0 Å². The van der Waals surface area contributed by atoms with Gasteiger partial charge in [-0.15, -0.1) is 0 Å². The monoisotopic (exact) mass is 215 g/mol. The molecule has 1 fully saturated rings. The molecule has 0 aromatic rings. The van der Waals surface area contributed by atoms with Crippen LogP contribution >= 0.6 is 0 Å². The predicted molar refractivity (Wildman–Crippen MR) is 57.5 cm³/mol. The quantitative estimate of drug-likeness (QED) is 0.685. The summed E-state index contributed by atoms with van der Waals surface area (Å²) >= 11 is 0. The lowest BCUT2D eigenvalue weighted by Crippen LogP contribution is -2.32. The van der Waals surface area contributed by atoms with Gasteiger partial charge in [-0.1, -0.05) is 6.92 Å². The molecule has 0 aromatic carbocycles. The summed E-state index contributed by atoms with van der Waals surface area (Å²) in [4.78, 5) is 11.3. The van der Waals surface area contributed by atoms with Crippen molar-refractivity contribution in [3.05, 3.63) is 0 Å². The molecule has 1 aliphatic heterocycles. The van der Waals surface area contributed by atoms with Gasteiger partial charge in [0.15, 0.2) is 0 Å². The van der Waals surface area contributed by atoms with Gasteiger partial charge in [-0.2, -0.15) is 0 Å². The summed E-state index contributed by atoms with van der Waals surface area (Å²) in [5.41, 5.74) is 0. The predicted octanol–water partition coefficient (Wildman–Crippen LogP) is 0.690. The summed E-state index contributed by atoms with van der Waals surface area (Å²) < 4.78 is 5.54. The first kappa shape index (κ1) is 12.5. The molecule has 0 saturated carbocycles. The Bertz CT molecular complexity index is 196. The summed E-state index contributed by atoms with van der Waals surface area (Å²) in [7, 11) is 0. The van der Waals surface area contributed by atoms with Crippen molar-refractivity contribution >= 4 is 5.91 Å². The first-order chi connectivity index (χ1) is 7.27. The molecule has 1 amide bonds. The summed E-state index contributed by atoms with van der Waals surface area (Å²) in [6.45, 7) is 3.71. The Morgan fingerprint density at radius 1 is 1.60 bits per heavy atom. The maximum absolute atomic E-state index is 11.3. The van der Waals surface area contributed by atoms with E-state index in [4.69, 9.17) is 9.84 Å². The molecule has 4 heteroatoms. The van der Waals surface area contributed by atoms with E-state index in [0.717, 1.165) is 19.4 Å². The normalized spacial score (nSPS) is 25.5. The zero-order valence-corrected chi connectivity index (χ0v) is 9.37. The van der Waals surface area contributed by atoms with E-state index in [1.54, 1.807) is 0 Å². The van der Waals surface area contributed by atoms with E-state index in [1.165, 1.54) is 0 Å². The summed E-state index contributed by atoms with van der Waals surface area (Å²) in [5.74, 6) is 0.499. The maximum Gasteiger partial charge on any atom is 0.220 e. The fraction of sp³-hybridized carbons (Fsp3) is 0.909. The van der Waals surface area contributed by atoms with Crippen LogP contribution in [-0.2, 0) is 9.53 Å². The van der Waals surface area contributed by atoms with Crippen molar-refractivity contribution in [1.29, 1.82) is 0 Å². The van der Waals surface area contributed by atoms with E-state index in [0.29, 0.717) is 31.4 Å². The van der Waals surface area contributed by atoms with Crippen molar-refractivity contribution in [2.75, 3.05) is 19.8 Å². The van der Waals surface area contributed by atoms with Crippen molar-refractivity contribution in [1.82, 2.24) is 5.32 Å². The number of aliphatic hydroxyl groups excluding tert-OH is 1. The van der Waals surface area contributed by atoms with Crippen LogP contribution in [0.25, 0.3) is 0 Å². The Hall–Kier alpha value is -0.610. The standard InChI is InChI=1S/C11H21NO3/c1-2-10-9(5-7-15-10)8-12-11(14)4-3-6-13/h9-10,13H,2-8H2,1H3,(H,12,14). The molecule has 2 atom stereocenters. The molecule has 1 heterocycles. The van der Waals surface area contributed by atoms with Crippen LogP contribution in [0.1, 0.15) is 32.6 Å². The summed E-state index contributed by atoms with van der Waals surface area (Å²) in [6, 6.07) is 0. The van der Waals surface area contributed by atoms with Crippen LogP contribution in [0, 0.1) is 5.92 Å². The highest BCUT2D eigenvalue weighted by Crippen LogP contribution is 2.22. The van der Waals surface area contributed by atoms with Gasteiger partial charge < -0.3 is 15.2 Å². The van der Waals surface area contributed by atoms with Crippen LogP contribution in [-0.4, -0.2) is 36.9 Å². The number of hydrogen-bond donors (Lipinski definition) is 2. The van der Waals surface area contributed by atoms with Crippen molar-refractivity contribution in [3.63, 3.8) is 0 Å². The minimum Gasteiger partial charge on any atom is -0.396 e. The van der Waals surface area contributed by atoms with Crippen molar-refractivity contribution in [2.24, 2.45) is 5.92 Å². The fourth-order valence-corrected chi connectivity index (χ4v) is 1.95. The molecule has 0 bridgehead atoms. The van der Waals surface area contributed by atoms with Gasteiger partial charge in [0.05, 0.1) is 6.10 Å². The van der Waals surface area contributed by atoms with Crippen LogP contribution < -0.4 is 5.32 Å². The van der Waals surface area contributed by atoms with E-state index < -0.39 is 0 Å². The van der Waals surface area contributed by atoms with Crippen molar-refractivity contribution in [2.45, 2.75) is 38.7 Å². The third kappa shape index (κ3) is 4.18. The number of amides is 1. The molecule has 1 aliphatic rings. The van der Waals surface area contributed by atoms with E-state index in [1.807, 2.05) is 0 Å². The van der Waals surface area contributed by atoms with E-state index in [-0.39, 0.29) is 12.5 Å². The second-order valence-corrected chi connectivity index (χ2v) is 4.00. The zero-order chi connectivity index (χ0) is 11.1. The van der Waals surface area contributed by atoms with Gasteiger partial charge in [0.2, 0.25) is 5.91 Å². The van der Waals surface area contributed by atoms with Crippen LogP contribution in [0.2, 0.25) is 0 Å². The Morgan fingerprint density at radius 3 is 3.07 bits per heavy atom. The Kier molecular flexibility index (Phi) is 5.65. The first-order valence-electron chi connectivity index (χ1n) is 5.77. The highest BCUT2D eigenvalue weighted by molar-refractivity contribution is 5.75. The largest absolute Gasteiger partial charge is 0.396 e. The van der Waals surface area contributed by atoms with E-state index in [2.05, 4.69) is 12.2 Å². The molecule has 0 radical (unpaired) electrons. The number of carbonyl (C=O) groups excluding carboxylic acids is 1. The number of carbonyl (C=O) groups is 1. The number of nitrogens with one attached hydrogen (secondary N) is 1. The first-order valence-corrected chi connectivity index (χ1v) is 5.77. The molecule has 2 unspecified atom stereocenters. The van der Waals surface area contributed by atoms with Crippen LogP contribution in [0.15, 0.2) is 0 Å². The SMILES string of the molecule is CCC1OCCC1CNC(=O)CCCO. The Labute approximate surface area is 91.0 Å². The van der Waals surface area contributed by atoms with E-state index in [9.17, 15) is 4.79 Å². The third-order valence-electron chi connectivity index (χ3n) is 2.87. The van der Waals surface area contributed by atoms with Gasteiger partial charge in [-0.25, -0.2) is 0 Å². The maximum atomic E-state index is 11.3. The highest BCUT2D eigenvalue weighted by Gasteiger charge is 2.26. The molecule has 0 aromatic heterocycles.